The van der Waals surface area contributed by atoms with E-state index in [0.29, 0.717) is 0 Å². The number of hydrogen-bond donors (Lipinski definition) is 1. The molecular formula is C9H4ClF4N3O2. The summed E-state index contributed by atoms with van der Waals surface area (Å²) in [5, 5.41) is 14.4. The Morgan fingerprint density at radius 3 is 2.68 bits per heavy atom. The van der Waals surface area contributed by atoms with Gasteiger partial charge in [-0.05, 0) is 0 Å². The monoisotopic (exact) mass is 297 g/mol. The van der Waals surface area contributed by atoms with Gasteiger partial charge in [-0.3, -0.25) is 0 Å². The maximum atomic E-state index is 13.6. The van der Waals surface area contributed by atoms with Gasteiger partial charge >= 0.3 is 6.18 Å². The molecule has 0 saturated heterocycles. The van der Waals surface area contributed by atoms with Crippen LogP contribution in [0.4, 0.5) is 17.6 Å². The highest BCUT2D eigenvalue weighted by molar-refractivity contribution is 6.30. The molecule has 0 fully saturated rings. The normalized spacial score (nSPS) is 11.8. The van der Waals surface area contributed by atoms with Crippen LogP contribution < -0.4 is 4.74 Å². The molecule has 0 atom stereocenters. The number of nitrogens with zero attached hydrogens (tertiary/aromatic N) is 3. The Morgan fingerprint density at radius 2 is 2.05 bits per heavy atom. The van der Waals surface area contributed by atoms with Crippen molar-refractivity contribution in [1.82, 2.24) is 15.2 Å². The lowest BCUT2D eigenvalue weighted by Crippen LogP contribution is -2.20. The SMILES string of the molecule is Oc1nncc2c(F)c(Cl)nc(OCC(F)(F)F)c12. The predicted octanol–water partition coefficient (Wildman–Crippen LogP) is 2.46. The quantitative estimate of drug-likeness (QED) is 0.681. The van der Waals surface area contributed by atoms with Gasteiger partial charge in [0.05, 0.1) is 11.6 Å². The smallest absolute Gasteiger partial charge is 0.422 e. The predicted molar refractivity (Wildman–Crippen MR) is 55.5 cm³/mol. The van der Waals surface area contributed by atoms with E-state index in [1.807, 2.05) is 0 Å². The van der Waals surface area contributed by atoms with E-state index < -0.39 is 40.9 Å². The van der Waals surface area contributed by atoms with Gasteiger partial charge < -0.3 is 9.84 Å². The second-order valence-corrected chi connectivity index (χ2v) is 3.74. The summed E-state index contributed by atoms with van der Waals surface area (Å²) in [6.45, 7) is -1.67. The van der Waals surface area contributed by atoms with Crippen molar-refractivity contribution in [2.45, 2.75) is 6.18 Å². The Bertz CT molecular complexity index is 635. The molecule has 0 radical (unpaired) electrons. The zero-order valence-electron chi connectivity index (χ0n) is 8.87. The number of rotatable bonds is 2. The molecule has 102 valence electrons. The minimum atomic E-state index is -4.62. The van der Waals surface area contributed by atoms with Gasteiger partial charge in [0.15, 0.2) is 17.6 Å². The highest BCUT2D eigenvalue weighted by Crippen LogP contribution is 2.34. The first kappa shape index (κ1) is 13.5. The molecular weight excluding hydrogens is 294 g/mol. The second-order valence-electron chi connectivity index (χ2n) is 3.38. The number of ether oxygens (including phenoxy) is 1. The number of pyridine rings is 1. The number of halogens is 5. The van der Waals surface area contributed by atoms with Gasteiger partial charge in [-0.2, -0.15) is 23.3 Å². The molecule has 0 aromatic carbocycles. The van der Waals surface area contributed by atoms with Gasteiger partial charge in [0.25, 0.3) is 0 Å². The number of fused-ring (bicyclic) bond motifs is 1. The molecule has 0 aliphatic heterocycles. The molecule has 0 saturated carbocycles. The minimum absolute atomic E-state index is 0.343. The molecule has 0 bridgehead atoms. The van der Waals surface area contributed by atoms with Crippen LogP contribution in [-0.2, 0) is 0 Å². The first-order valence-electron chi connectivity index (χ1n) is 4.68. The van der Waals surface area contributed by atoms with E-state index in [1.165, 1.54) is 0 Å². The summed E-state index contributed by atoms with van der Waals surface area (Å²) in [6.07, 6.45) is -3.73. The van der Waals surface area contributed by atoms with E-state index in [9.17, 15) is 22.7 Å². The Balaban J connectivity index is 2.57. The Labute approximate surface area is 107 Å². The average Bonchev–Trinajstić information content (AvgIpc) is 2.31. The molecule has 10 heteroatoms. The first-order valence-corrected chi connectivity index (χ1v) is 5.06. The lowest BCUT2D eigenvalue weighted by molar-refractivity contribution is -0.153. The van der Waals surface area contributed by atoms with Gasteiger partial charge in [-0.25, -0.2) is 4.39 Å². The van der Waals surface area contributed by atoms with Crippen molar-refractivity contribution in [3.05, 3.63) is 17.2 Å². The number of alkyl halides is 3. The van der Waals surface area contributed by atoms with Crippen LogP contribution in [0.2, 0.25) is 5.15 Å². The number of hydrogen-bond acceptors (Lipinski definition) is 5. The molecule has 0 unspecified atom stereocenters. The summed E-state index contributed by atoms with van der Waals surface area (Å²) in [4.78, 5) is 3.31. The summed E-state index contributed by atoms with van der Waals surface area (Å²) in [5.41, 5.74) is 0. The molecule has 2 rings (SSSR count). The van der Waals surface area contributed by atoms with Crippen LogP contribution in [0.25, 0.3) is 10.8 Å². The van der Waals surface area contributed by atoms with Crippen LogP contribution >= 0.6 is 11.6 Å². The third-order valence-corrected chi connectivity index (χ3v) is 2.29. The molecule has 0 amide bonds. The third-order valence-electron chi connectivity index (χ3n) is 2.04. The highest BCUT2D eigenvalue weighted by atomic mass is 35.5. The fraction of sp³-hybridized carbons (Fsp3) is 0.222. The van der Waals surface area contributed by atoms with Crippen molar-refractivity contribution in [2.75, 3.05) is 6.61 Å². The maximum Gasteiger partial charge on any atom is 0.422 e. The second kappa shape index (κ2) is 4.65. The minimum Gasteiger partial charge on any atom is -0.492 e. The van der Waals surface area contributed by atoms with Crippen molar-refractivity contribution in [2.24, 2.45) is 0 Å². The summed E-state index contributed by atoms with van der Waals surface area (Å²) < 4.78 is 54.2. The Kier molecular flexibility index (Phi) is 3.31. The Morgan fingerprint density at radius 1 is 1.37 bits per heavy atom. The molecule has 0 spiro atoms. The maximum absolute atomic E-state index is 13.6. The molecule has 1 N–H and O–H groups in total. The van der Waals surface area contributed by atoms with Crippen LogP contribution in [0, 0.1) is 5.82 Å². The number of aromatic nitrogens is 3. The van der Waals surface area contributed by atoms with Gasteiger partial charge in [-0.15, -0.1) is 5.10 Å². The van der Waals surface area contributed by atoms with E-state index in [-0.39, 0.29) is 5.39 Å². The van der Waals surface area contributed by atoms with Crippen LogP contribution in [0.3, 0.4) is 0 Å². The van der Waals surface area contributed by atoms with Crippen molar-refractivity contribution in [1.29, 1.82) is 0 Å². The summed E-state index contributed by atoms with van der Waals surface area (Å²) in [7, 11) is 0. The fourth-order valence-corrected chi connectivity index (χ4v) is 1.49. The van der Waals surface area contributed by atoms with E-state index in [0.717, 1.165) is 6.20 Å². The van der Waals surface area contributed by atoms with E-state index in [1.54, 1.807) is 0 Å². The molecule has 0 aliphatic carbocycles. The zero-order valence-corrected chi connectivity index (χ0v) is 9.63. The van der Waals surface area contributed by atoms with E-state index in [4.69, 9.17) is 11.6 Å². The van der Waals surface area contributed by atoms with Crippen molar-refractivity contribution >= 4 is 22.4 Å². The van der Waals surface area contributed by atoms with E-state index >= 15 is 0 Å². The highest BCUT2D eigenvalue weighted by Gasteiger charge is 2.30. The molecule has 2 heterocycles. The van der Waals surface area contributed by atoms with Gasteiger partial charge in [0.1, 0.15) is 5.39 Å². The van der Waals surface area contributed by atoms with Crippen LogP contribution in [0.5, 0.6) is 11.8 Å². The number of aromatic hydroxyl groups is 1. The van der Waals surface area contributed by atoms with E-state index in [2.05, 4.69) is 19.9 Å². The van der Waals surface area contributed by atoms with Crippen LogP contribution in [0.1, 0.15) is 0 Å². The Hall–Kier alpha value is -1.90. The van der Waals surface area contributed by atoms with Crippen LogP contribution in [0.15, 0.2) is 6.20 Å². The molecule has 19 heavy (non-hydrogen) atoms. The van der Waals surface area contributed by atoms with Gasteiger partial charge in [-0.1, -0.05) is 11.6 Å². The lowest BCUT2D eigenvalue weighted by atomic mass is 10.2. The van der Waals surface area contributed by atoms with Gasteiger partial charge in [0.2, 0.25) is 11.8 Å². The molecule has 5 nitrogen and oxygen atoms in total. The average molecular weight is 298 g/mol. The molecule has 0 aliphatic rings. The molecule has 2 aromatic rings. The topological polar surface area (TPSA) is 68.1 Å². The fourth-order valence-electron chi connectivity index (χ4n) is 1.31. The van der Waals surface area contributed by atoms with Gasteiger partial charge in [0, 0.05) is 0 Å². The van der Waals surface area contributed by atoms with Crippen molar-refractivity contribution in [3.8, 4) is 11.8 Å². The summed E-state index contributed by atoms with van der Waals surface area (Å²) in [5.74, 6) is -2.52. The molecule has 2 aromatic heterocycles. The standard InChI is InChI=1S/C9H4ClF4N3O2/c10-6-5(11)3-1-15-17-7(18)4(3)8(16-6)19-2-9(12,13)14/h1H,2H2,(H,17,18). The first-order chi connectivity index (χ1) is 8.79. The third kappa shape index (κ3) is 2.75. The summed E-state index contributed by atoms with van der Waals surface area (Å²) in [6, 6.07) is 0. The lowest BCUT2D eigenvalue weighted by Gasteiger charge is -2.11. The zero-order chi connectivity index (χ0) is 14.2. The van der Waals surface area contributed by atoms with Crippen molar-refractivity contribution < 1.29 is 27.4 Å². The van der Waals surface area contributed by atoms with Crippen molar-refractivity contribution in [3.63, 3.8) is 0 Å². The summed E-state index contributed by atoms with van der Waals surface area (Å²) >= 11 is 5.42. The van der Waals surface area contributed by atoms with Crippen LogP contribution in [-0.4, -0.2) is 33.1 Å². The largest absolute Gasteiger partial charge is 0.492 e.